The lowest BCUT2D eigenvalue weighted by molar-refractivity contribution is -0.169. The van der Waals surface area contributed by atoms with Crippen LogP contribution in [0, 0.1) is 6.92 Å². The van der Waals surface area contributed by atoms with Gasteiger partial charge in [-0.3, -0.25) is 4.18 Å². The quantitative estimate of drug-likeness (QED) is 0.426. The van der Waals surface area contributed by atoms with E-state index in [1.807, 2.05) is 6.92 Å². The molecule has 8 heteroatoms. The van der Waals surface area contributed by atoms with Crippen molar-refractivity contribution < 1.29 is 31.5 Å². The SMILES string of the molecule is CCOS(=O)(=O)c1ccc(C)cc1OCCOCCOC1CCCCO1. The van der Waals surface area contributed by atoms with Gasteiger partial charge in [0.05, 0.1) is 26.4 Å². The van der Waals surface area contributed by atoms with Crippen LogP contribution < -0.4 is 4.74 Å². The minimum atomic E-state index is -3.82. The van der Waals surface area contributed by atoms with Gasteiger partial charge in [0.2, 0.25) is 0 Å². The molecular formula is C18H28O7S. The zero-order valence-electron chi connectivity index (χ0n) is 15.4. The van der Waals surface area contributed by atoms with Crippen molar-refractivity contribution in [3.63, 3.8) is 0 Å². The highest BCUT2D eigenvalue weighted by Crippen LogP contribution is 2.26. The van der Waals surface area contributed by atoms with Crippen molar-refractivity contribution in [2.45, 2.75) is 44.3 Å². The molecule has 0 aromatic heterocycles. The number of rotatable bonds is 11. The molecule has 1 aromatic carbocycles. The molecule has 1 heterocycles. The first kappa shape index (κ1) is 21.1. The van der Waals surface area contributed by atoms with Gasteiger partial charge in [-0.05, 0) is 50.8 Å². The molecule has 148 valence electrons. The van der Waals surface area contributed by atoms with Gasteiger partial charge in [0.1, 0.15) is 17.3 Å². The molecular weight excluding hydrogens is 360 g/mol. The van der Waals surface area contributed by atoms with Gasteiger partial charge in [-0.2, -0.15) is 8.42 Å². The van der Waals surface area contributed by atoms with E-state index in [-0.39, 0.29) is 30.1 Å². The molecule has 0 radical (unpaired) electrons. The Balaban J connectivity index is 1.72. The second kappa shape index (κ2) is 10.8. The summed E-state index contributed by atoms with van der Waals surface area (Å²) in [5.74, 6) is 0.272. The van der Waals surface area contributed by atoms with Gasteiger partial charge >= 0.3 is 10.1 Å². The molecule has 0 amide bonds. The molecule has 0 saturated carbocycles. The zero-order valence-corrected chi connectivity index (χ0v) is 16.3. The van der Waals surface area contributed by atoms with E-state index in [0.717, 1.165) is 31.4 Å². The fraction of sp³-hybridized carbons (Fsp3) is 0.667. The Morgan fingerprint density at radius 3 is 2.69 bits per heavy atom. The van der Waals surface area contributed by atoms with Crippen LogP contribution in [0.1, 0.15) is 31.7 Å². The Hall–Kier alpha value is -1.19. The second-order valence-corrected chi connectivity index (χ2v) is 7.52. The van der Waals surface area contributed by atoms with Crippen molar-refractivity contribution in [1.29, 1.82) is 0 Å². The summed E-state index contributed by atoms with van der Waals surface area (Å²) in [5.41, 5.74) is 0.900. The van der Waals surface area contributed by atoms with Gasteiger partial charge in [0.25, 0.3) is 0 Å². The normalized spacial score (nSPS) is 18.0. The van der Waals surface area contributed by atoms with Crippen molar-refractivity contribution in [1.82, 2.24) is 0 Å². The summed E-state index contributed by atoms with van der Waals surface area (Å²) >= 11 is 0. The maximum Gasteiger partial charge on any atom is 0.300 e. The van der Waals surface area contributed by atoms with Crippen LogP contribution >= 0.6 is 0 Å². The van der Waals surface area contributed by atoms with Crippen molar-refractivity contribution in [2.75, 3.05) is 39.6 Å². The molecule has 1 unspecified atom stereocenters. The maximum atomic E-state index is 12.1. The van der Waals surface area contributed by atoms with E-state index >= 15 is 0 Å². The van der Waals surface area contributed by atoms with Crippen LogP contribution in [0.15, 0.2) is 23.1 Å². The van der Waals surface area contributed by atoms with Crippen molar-refractivity contribution >= 4 is 10.1 Å². The molecule has 1 aromatic rings. The molecule has 1 aliphatic heterocycles. The second-order valence-electron chi connectivity index (χ2n) is 5.94. The number of hydrogen-bond acceptors (Lipinski definition) is 7. The van der Waals surface area contributed by atoms with Crippen molar-refractivity contribution in [3.8, 4) is 5.75 Å². The summed E-state index contributed by atoms with van der Waals surface area (Å²) in [6, 6.07) is 4.88. The van der Waals surface area contributed by atoms with E-state index in [1.54, 1.807) is 19.1 Å². The summed E-state index contributed by atoms with van der Waals surface area (Å²) < 4.78 is 51.2. The first-order valence-electron chi connectivity index (χ1n) is 8.97. The Kier molecular flexibility index (Phi) is 8.80. The summed E-state index contributed by atoms with van der Waals surface area (Å²) in [4.78, 5) is 0.0303. The minimum absolute atomic E-state index is 0.0303. The third-order valence-electron chi connectivity index (χ3n) is 3.80. The number of ether oxygens (including phenoxy) is 4. The van der Waals surface area contributed by atoms with Crippen LogP contribution in [0.3, 0.4) is 0 Å². The van der Waals surface area contributed by atoms with Crippen molar-refractivity contribution in [2.24, 2.45) is 0 Å². The molecule has 1 saturated heterocycles. The first-order chi connectivity index (χ1) is 12.5. The highest BCUT2D eigenvalue weighted by atomic mass is 32.2. The smallest absolute Gasteiger partial charge is 0.300 e. The van der Waals surface area contributed by atoms with E-state index in [1.165, 1.54) is 6.07 Å². The molecule has 7 nitrogen and oxygen atoms in total. The Labute approximate surface area is 155 Å². The van der Waals surface area contributed by atoms with E-state index in [0.29, 0.717) is 19.8 Å². The Bertz CT molecular complexity index is 639. The lowest BCUT2D eigenvalue weighted by Gasteiger charge is -2.22. The molecule has 1 fully saturated rings. The Morgan fingerprint density at radius 1 is 1.15 bits per heavy atom. The van der Waals surface area contributed by atoms with Gasteiger partial charge in [-0.25, -0.2) is 0 Å². The summed E-state index contributed by atoms with van der Waals surface area (Å²) in [6.07, 6.45) is 3.02. The average molecular weight is 388 g/mol. The van der Waals surface area contributed by atoms with Crippen LogP contribution in [0.4, 0.5) is 0 Å². The molecule has 2 rings (SSSR count). The standard InChI is InChI=1S/C18H28O7S/c1-3-25-26(19,20)17-8-7-15(2)14-16(17)22-12-10-21-11-13-24-18-6-4-5-9-23-18/h7-8,14,18H,3-6,9-13H2,1-2H3. The number of benzene rings is 1. The van der Waals surface area contributed by atoms with Gasteiger partial charge in [-0.15, -0.1) is 0 Å². The zero-order chi connectivity index (χ0) is 18.8. The third kappa shape index (κ3) is 6.85. The maximum absolute atomic E-state index is 12.1. The molecule has 0 aliphatic carbocycles. The van der Waals surface area contributed by atoms with Crippen LogP contribution in [0.2, 0.25) is 0 Å². The third-order valence-corrected chi connectivity index (χ3v) is 5.22. The largest absolute Gasteiger partial charge is 0.490 e. The molecule has 1 aliphatic rings. The predicted octanol–water partition coefficient (Wildman–Crippen LogP) is 2.66. The topological polar surface area (TPSA) is 80.3 Å². The number of aryl methyl sites for hydroxylation is 1. The summed E-state index contributed by atoms with van der Waals surface area (Å²) in [6.45, 7) is 5.77. The molecule has 0 bridgehead atoms. The predicted molar refractivity (Wildman–Crippen MR) is 95.8 cm³/mol. The van der Waals surface area contributed by atoms with Gasteiger partial charge in [-0.1, -0.05) is 6.07 Å². The number of hydrogen-bond donors (Lipinski definition) is 0. The van der Waals surface area contributed by atoms with E-state index in [9.17, 15) is 8.42 Å². The monoisotopic (exact) mass is 388 g/mol. The van der Waals surface area contributed by atoms with Crippen LogP contribution in [0.25, 0.3) is 0 Å². The van der Waals surface area contributed by atoms with Gasteiger partial charge in [0, 0.05) is 6.61 Å². The van der Waals surface area contributed by atoms with Crippen molar-refractivity contribution in [3.05, 3.63) is 23.8 Å². The molecule has 26 heavy (non-hydrogen) atoms. The fourth-order valence-electron chi connectivity index (χ4n) is 2.55. The summed E-state index contributed by atoms with van der Waals surface area (Å²) in [7, 11) is -3.82. The van der Waals surface area contributed by atoms with E-state index < -0.39 is 10.1 Å². The van der Waals surface area contributed by atoms with E-state index in [2.05, 4.69) is 0 Å². The minimum Gasteiger partial charge on any atom is -0.490 e. The van der Waals surface area contributed by atoms with E-state index in [4.69, 9.17) is 23.1 Å². The summed E-state index contributed by atoms with van der Waals surface area (Å²) in [5, 5.41) is 0. The molecule has 1 atom stereocenters. The fourth-order valence-corrected chi connectivity index (χ4v) is 3.58. The molecule has 0 spiro atoms. The van der Waals surface area contributed by atoms with Crippen LogP contribution in [-0.2, 0) is 28.5 Å². The van der Waals surface area contributed by atoms with Crippen LogP contribution in [0.5, 0.6) is 5.75 Å². The Morgan fingerprint density at radius 2 is 1.96 bits per heavy atom. The molecule has 0 N–H and O–H groups in total. The highest BCUT2D eigenvalue weighted by Gasteiger charge is 2.20. The lowest BCUT2D eigenvalue weighted by Crippen LogP contribution is -2.24. The average Bonchev–Trinajstić information content (AvgIpc) is 2.61. The van der Waals surface area contributed by atoms with Gasteiger partial charge in [0.15, 0.2) is 6.29 Å². The lowest BCUT2D eigenvalue weighted by atomic mass is 10.2. The highest BCUT2D eigenvalue weighted by molar-refractivity contribution is 7.86. The van der Waals surface area contributed by atoms with Crippen LogP contribution in [-0.4, -0.2) is 54.3 Å². The first-order valence-corrected chi connectivity index (χ1v) is 10.4. The van der Waals surface area contributed by atoms with Gasteiger partial charge < -0.3 is 18.9 Å².